The van der Waals surface area contributed by atoms with Crippen molar-refractivity contribution in [3.05, 3.63) is 88.8 Å². The minimum Gasteiger partial charge on any atom is -0.490 e. The van der Waals surface area contributed by atoms with E-state index >= 15 is 0 Å². The number of thioether (sulfide) groups is 1. The number of carbonyl (C=O) groups excluding carboxylic acids is 2. The van der Waals surface area contributed by atoms with Crippen molar-refractivity contribution in [2.45, 2.75) is 13.1 Å². The van der Waals surface area contributed by atoms with Gasteiger partial charge in [-0.3, -0.25) is 14.5 Å². The van der Waals surface area contributed by atoms with Crippen LogP contribution in [0, 0.1) is 0 Å². The van der Waals surface area contributed by atoms with Crippen LogP contribution in [-0.4, -0.2) is 29.3 Å². The highest BCUT2D eigenvalue weighted by Crippen LogP contribution is 2.37. The highest BCUT2D eigenvalue weighted by Gasteiger charge is 2.34. The summed E-state index contributed by atoms with van der Waals surface area (Å²) in [6.45, 7) is 1.52. The third kappa shape index (κ3) is 6.35. The molecule has 1 heterocycles. The van der Waals surface area contributed by atoms with E-state index in [9.17, 15) is 22.8 Å². The van der Waals surface area contributed by atoms with Gasteiger partial charge in [0.15, 0.2) is 22.4 Å². The van der Waals surface area contributed by atoms with Gasteiger partial charge in [-0.25, -0.2) is 0 Å². The number of benzene rings is 3. The van der Waals surface area contributed by atoms with E-state index in [0.717, 1.165) is 6.07 Å². The van der Waals surface area contributed by atoms with E-state index in [0.29, 0.717) is 32.8 Å². The summed E-state index contributed by atoms with van der Waals surface area (Å²) in [5.41, 5.74) is -0.00149. The van der Waals surface area contributed by atoms with Crippen LogP contribution >= 0.6 is 24.0 Å². The standard InChI is InChI=1S/C27H21F3N2O4S2/c1-2-35-22-14-17(15-23-25(34)32(26(37)38-23)18-8-4-3-5-9-18)12-13-21(22)36-16-24(33)31-20-11-7-6-10-19(20)27(28,29)30/h3-15H,2,16H2,1H3,(H,31,33)/b23-15-. The molecule has 1 fully saturated rings. The molecular formula is C27H21F3N2O4S2. The van der Waals surface area contributed by atoms with E-state index in [-0.39, 0.29) is 17.3 Å². The average Bonchev–Trinajstić information content (AvgIpc) is 3.16. The molecule has 0 bridgehead atoms. The number of hydrogen-bond acceptors (Lipinski definition) is 6. The molecule has 1 aliphatic heterocycles. The molecule has 38 heavy (non-hydrogen) atoms. The van der Waals surface area contributed by atoms with Gasteiger partial charge in [-0.2, -0.15) is 13.2 Å². The molecular weight excluding hydrogens is 537 g/mol. The van der Waals surface area contributed by atoms with E-state index in [1.807, 2.05) is 18.2 Å². The van der Waals surface area contributed by atoms with Crippen molar-refractivity contribution in [3.63, 3.8) is 0 Å². The minimum atomic E-state index is -4.61. The van der Waals surface area contributed by atoms with E-state index in [1.54, 1.807) is 43.3 Å². The topological polar surface area (TPSA) is 67.9 Å². The van der Waals surface area contributed by atoms with Crippen LogP contribution in [0.25, 0.3) is 6.08 Å². The maximum atomic E-state index is 13.2. The molecule has 0 aromatic heterocycles. The van der Waals surface area contributed by atoms with E-state index in [2.05, 4.69) is 5.32 Å². The maximum Gasteiger partial charge on any atom is 0.418 e. The Morgan fingerprint density at radius 3 is 2.45 bits per heavy atom. The van der Waals surface area contributed by atoms with Crippen molar-refractivity contribution in [3.8, 4) is 11.5 Å². The van der Waals surface area contributed by atoms with Crippen molar-refractivity contribution in [1.29, 1.82) is 0 Å². The van der Waals surface area contributed by atoms with Gasteiger partial charge in [-0.05, 0) is 55.0 Å². The first kappa shape index (κ1) is 27.2. The maximum absolute atomic E-state index is 13.2. The molecule has 0 radical (unpaired) electrons. The van der Waals surface area contributed by atoms with Gasteiger partial charge in [0.05, 0.1) is 28.5 Å². The van der Waals surface area contributed by atoms with Gasteiger partial charge in [0.1, 0.15) is 0 Å². The lowest BCUT2D eigenvalue weighted by Crippen LogP contribution is -2.27. The van der Waals surface area contributed by atoms with Gasteiger partial charge in [0.25, 0.3) is 11.8 Å². The van der Waals surface area contributed by atoms with Crippen LogP contribution < -0.4 is 19.7 Å². The lowest BCUT2D eigenvalue weighted by atomic mass is 10.1. The lowest BCUT2D eigenvalue weighted by molar-refractivity contribution is -0.137. The van der Waals surface area contributed by atoms with E-state index in [1.165, 1.54) is 34.9 Å². The summed E-state index contributed by atoms with van der Waals surface area (Å²) in [6, 6.07) is 18.6. The fourth-order valence-electron chi connectivity index (χ4n) is 3.59. The summed E-state index contributed by atoms with van der Waals surface area (Å²) in [5, 5.41) is 2.23. The second-order valence-corrected chi connectivity index (χ2v) is 9.55. The number of hydrogen-bond donors (Lipinski definition) is 1. The quantitative estimate of drug-likeness (QED) is 0.251. The molecule has 1 saturated heterocycles. The number of para-hydroxylation sites is 2. The zero-order valence-electron chi connectivity index (χ0n) is 20.0. The Morgan fingerprint density at radius 1 is 1.03 bits per heavy atom. The third-order valence-corrected chi connectivity index (χ3v) is 6.54. The number of ether oxygens (including phenoxy) is 2. The summed E-state index contributed by atoms with van der Waals surface area (Å²) in [4.78, 5) is 27.2. The Hall–Kier alpha value is -3.83. The lowest BCUT2D eigenvalue weighted by Gasteiger charge is -2.15. The van der Waals surface area contributed by atoms with Gasteiger partial charge in [-0.15, -0.1) is 0 Å². The smallest absolute Gasteiger partial charge is 0.418 e. The third-order valence-electron chi connectivity index (χ3n) is 5.24. The molecule has 3 aromatic rings. The number of nitrogens with zero attached hydrogens (tertiary/aromatic N) is 1. The second kappa shape index (κ2) is 11.7. The Kier molecular flexibility index (Phi) is 8.38. The summed E-state index contributed by atoms with van der Waals surface area (Å²) >= 11 is 6.57. The summed E-state index contributed by atoms with van der Waals surface area (Å²) in [6.07, 6.45) is -2.94. The minimum absolute atomic E-state index is 0.222. The Bertz CT molecular complexity index is 1390. The molecule has 0 aliphatic carbocycles. The fourth-order valence-corrected chi connectivity index (χ4v) is 4.89. The predicted molar refractivity (Wildman–Crippen MR) is 145 cm³/mol. The molecule has 4 rings (SSSR count). The summed E-state index contributed by atoms with van der Waals surface area (Å²) in [5.74, 6) is -0.485. The van der Waals surface area contributed by atoms with Gasteiger partial charge >= 0.3 is 6.18 Å². The van der Waals surface area contributed by atoms with Crippen LogP contribution in [-0.2, 0) is 15.8 Å². The first-order valence-electron chi connectivity index (χ1n) is 11.4. The number of carbonyl (C=O) groups is 2. The fraction of sp³-hybridized carbons (Fsp3) is 0.148. The number of rotatable bonds is 8. The van der Waals surface area contributed by atoms with Crippen LogP contribution in [0.15, 0.2) is 77.7 Å². The number of thiocarbonyl (C=S) groups is 1. The molecule has 0 saturated carbocycles. The Balaban J connectivity index is 1.47. The largest absolute Gasteiger partial charge is 0.490 e. The first-order chi connectivity index (χ1) is 18.2. The zero-order chi connectivity index (χ0) is 27.3. The molecule has 0 unspecified atom stereocenters. The number of halogens is 3. The van der Waals surface area contributed by atoms with Crippen molar-refractivity contribution in [2.24, 2.45) is 0 Å². The number of alkyl halides is 3. The normalized spacial score (nSPS) is 14.6. The van der Waals surface area contributed by atoms with Crippen LogP contribution in [0.1, 0.15) is 18.1 Å². The highest BCUT2D eigenvalue weighted by molar-refractivity contribution is 8.27. The zero-order valence-corrected chi connectivity index (χ0v) is 21.6. The molecule has 6 nitrogen and oxygen atoms in total. The summed E-state index contributed by atoms with van der Waals surface area (Å²) in [7, 11) is 0. The van der Waals surface area contributed by atoms with Crippen molar-refractivity contribution >= 4 is 57.6 Å². The van der Waals surface area contributed by atoms with Gasteiger partial charge in [0, 0.05) is 0 Å². The molecule has 2 amide bonds. The molecule has 196 valence electrons. The monoisotopic (exact) mass is 558 g/mol. The van der Waals surface area contributed by atoms with Crippen LogP contribution in [0.5, 0.6) is 11.5 Å². The number of amides is 2. The first-order valence-corrected chi connectivity index (χ1v) is 12.6. The molecule has 0 atom stereocenters. The van der Waals surface area contributed by atoms with E-state index in [4.69, 9.17) is 21.7 Å². The van der Waals surface area contributed by atoms with Gasteiger partial charge in [0.2, 0.25) is 0 Å². The Labute approximate surface area is 226 Å². The molecule has 3 aromatic carbocycles. The van der Waals surface area contributed by atoms with Crippen molar-refractivity contribution < 1.29 is 32.2 Å². The van der Waals surface area contributed by atoms with Crippen LogP contribution in [0.3, 0.4) is 0 Å². The Morgan fingerprint density at radius 2 is 1.74 bits per heavy atom. The number of nitrogens with one attached hydrogen (secondary N) is 1. The second-order valence-electron chi connectivity index (χ2n) is 7.87. The van der Waals surface area contributed by atoms with Gasteiger partial charge in [-0.1, -0.05) is 60.4 Å². The van der Waals surface area contributed by atoms with Crippen molar-refractivity contribution in [2.75, 3.05) is 23.4 Å². The summed E-state index contributed by atoms with van der Waals surface area (Å²) < 4.78 is 51.2. The SMILES string of the molecule is CCOc1cc(/C=C2\SC(=S)N(c3ccccc3)C2=O)ccc1OCC(=O)Nc1ccccc1C(F)(F)F. The average molecular weight is 559 g/mol. The van der Waals surface area contributed by atoms with E-state index < -0.39 is 24.3 Å². The van der Waals surface area contributed by atoms with Crippen LogP contribution in [0.2, 0.25) is 0 Å². The molecule has 1 aliphatic rings. The molecule has 11 heteroatoms. The highest BCUT2D eigenvalue weighted by atomic mass is 32.2. The van der Waals surface area contributed by atoms with Crippen molar-refractivity contribution in [1.82, 2.24) is 0 Å². The molecule has 1 N–H and O–H groups in total. The predicted octanol–water partition coefficient (Wildman–Crippen LogP) is 6.53. The van der Waals surface area contributed by atoms with Gasteiger partial charge < -0.3 is 14.8 Å². The molecule has 0 spiro atoms. The van der Waals surface area contributed by atoms with Crippen LogP contribution in [0.4, 0.5) is 24.5 Å². The number of anilines is 2.